The number of rotatable bonds is 11. The smallest absolute Gasteiger partial charge is 0.242 e. The molecular weight excluding hydrogens is 451 g/mol. The van der Waals surface area contributed by atoms with Crippen LogP contribution in [0.15, 0.2) is 42.5 Å². The maximum atomic E-state index is 14.0. The molecule has 2 aromatic carbocycles. The molecule has 8 heteroatoms. The minimum absolute atomic E-state index is 0.0937. The number of benzene rings is 2. The first kappa shape index (κ1) is 26.0. The second kappa shape index (κ2) is 12.7. The van der Waals surface area contributed by atoms with E-state index >= 15 is 0 Å². The number of thioether (sulfide) groups is 1. The van der Waals surface area contributed by atoms with Gasteiger partial charge in [-0.05, 0) is 42.7 Å². The average molecular weight is 481 g/mol. The lowest BCUT2D eigenvalue weighted by Gasteiger charge is -2.29. The SMILES string of the molecule is COc1cccc(CN(C(=O)CSCc2c(F)cccc2Cl)[C@H](C)C(=O)NCC(C)C)c1. The summed E-state index contributed by atoms with van der Waals surface area (Å²) in [5, 5.41) is 3.22. The Morgan fingerprint density at radius 3 is 2.56 bits per heavy atom. The van der Waals surface area contributed by atoms with Gasteiger partial charge in [0.05, 0.1) is 12.9 Å². The molecule has 0 saturated carbocycles. The number of hydrogen-bond donors (Lipinski definition) is 1. The number of methoxy groups -OCH3 is 1. The largest absolute Gasteiger partial charge is 0.497 e. The van der Waals surface area contributed by atoms with Gasteiger partial charge in [0.1, 0.15) is 17.6 Å². The molecule has 32 heavy (non-hydrogen) atoms. The Labute approximate surface area is 198 Å². The molecule has 0 radical (unpaired) electrons. The molecular formula is C24H30ClFN2O3S. The Balaban J connectivity index is 2.12. The van der Waals surface area contributed by atoms with Crippen LogP contribution in [0.25, 0.3) is 0 Å². The fourth-order valence-corrected chi connectivity index (χ4v) is 4.25. The fraction of sp³-hybridized carbons (Fsp3) is 0.417. The molecule has 0 heterocycles. The van der Waals surface area contributed by atoms with Crippen molar-refractivity contribution in [2.45, 2.75) is 39.1 Å². The van der Waals surface area contributed by atoms with Gasteiger partial charge >= 0.3 is 0 Å². The van der Waals surface area contributed by atoms with E-state index in [1.54, 1.807) is 31.1 Å². The monoisotopic (exact) mass is 480 g/mol. The van der Waals surface area contributed by atoms with Gasteiger partial charge in [-0.1, -0.05) is 43.6 Å². The van der Waals surface area contributed by atoms with Crippen LogP contribution in [0.4, 0.5) is 4.39 Å². The average Bonchev–Trinajstić information content (AvgIpc) is 2.77. The van der Waals surface area contributed by atoms with E-state index in [-0.39, 0.29) is 29.9 Å². The lowest BCUT2D eigenvalue weighted by molar-refractivity contribution is -0.138. The Hall–Kier alpha value is -2.25. The number of halogens is 2. The quantitative estimate of drug-likeness (QED) is 0.496. The molecule has 1 N–H and O–H groups in total. The number of hydrogen-bond acceptors (Lipinski definition) is 4. The van der Waals surface area contributed by atoms with E-state index in [1.807, 2.05) is 38.1 Å². The van der Waals surface area contributed by atoms with Gasteiger partial charge < -0.3 is 15.0 Å². The molecule has 0 aliphatic rings. The van der Waals surface area contributed by atoms with Gasteiger partial charge in [0, 0.05) is 29.4 Å². The standard InChI is InChI=1S/C24H30ClFN2O3S/c1-16(2)12-27-24(30)17(3)28(13-18-7-5-8-19(11-18)31-4)23(29)15-32-14-20-21(25)9-6-10-22(20)26/h5-11,16-17H,12-15H2,1-4H3,(H,27,30)/t17-/m1/s1. The van der Waals surface area contributed by atoms with E-state index in [4.69, 9.17) is 16.3 Å². The number of ether oxygens (including phenoxy) is 1. The first-order valence-electron chi connectivity index (χ1n) is 10.4. The zero-order valence-corrected chi connectivity index (χ0v) is 20.4. The molecule has 5 nitrogen and oxygen atoms in total. The molecule has 174 valence electrons. The van der Waals surface area contributed by atoms with Crippen molar-refractivity contribution in [2.24, 2.45) is 5.92 Å². The van der Waals surface area contributed by atoms with Crippen molar-refractivity contribution in [1.29, 1.82) is 0 Å². The number of nitrogens with zero attached hydrogens (tertiary/aromatic N) is 1. The second-order valence-corrected chi connectivity index (χ2v) is 9.27. The predicted octanol–water partition coefficient (Wildman–Crippen LogP) is 4.91. The van der Waals surface area contributed by atoms with E-state index in [9.17, 15) is 14.0 Å². The van der Waals surface area contributed by atoms with E-state index in [0.29, 0.717) is 28.8 Å². The van der Waals surface area contributed by atoms with Crippen molar-refractivity contribution in [2.75, 3.05) is 19.4 Å². The highest BCUT2D eigenvalue weighted by atomic mass is 35.5. The van der Waals surface area contributed by atoms with Gasteiger partial charge in [-0.2, -0.15) is 0 Å². The van der Waals surface area contributed by atoms with Crippen LogP contribution >= 0.6 is 23.4 Å². The van der Waals surface area contributed by atoms with Crippen LogP contribution in [-0.4, -0.2) is 42.2 Å². The number of nitrogens with one attached hydrogen (secondary N) is 1. The lowest BCUT2D eigenvalue weighted by Crippen LogP contribution is -2.48. The van der Waals surface area contributed by atoms with E-state index in [2.05, 4.69) is 5.32 Å². The maximum absolute atomic E-state index is 14.0. The summed E-state index contributed by atoms with van der Waals surface area (Å²) in [7, 11) is 1.58. The maximum Gasteiger partial charge on any atom is 0.242 e. The normalized spacial score (nSPS) is 11.8. The van der Waals surface area contributed by atoms with Crippen LogP contribution in [0.2, 0.25) is 5.02 Å². The molecule has 0 aliphatic heterocycles. The molecule has 0 aliphatic carbocycles. The third-order valence-electron chi connectivity index (χ3n) is 4.87. The summed E-state index contributed by atoms with van der Waals surface area (Å²) in [4.78, 5) is 27.3. The fourth-order valence-electron chi connectivity index (χ4n) is 3.00. The van der Waals surface area contributed by atoms with E-state index < -0.39 is 11.9 Å². The van der Waals surface area contributed by atoms with Gasteiger partial charge in [-0.3, -0.25) is 9.59 Å². The Kier molecular flexibility index (Phi) is 10.3. The zero-order chi connectivity index (χ0) is 23.7. The third kappa shape index (κ3) is 7.71. The third-order valence-corrected chi connectivity index (χ3v) is 6.17. The van der Waals surface area contributed by atoms with Gasteiger partial charge in [0.15, 0.2) is 0 Å². The molecule has 2 rings (SSSR count). The molecule has 2 amide bonds. The molecule has 0 fully saturated rings. The Morgan fingerprint density at radius 2 is 1.91 bits per heavy atom. The minimum atomic E-state index is -0.662. The summed E-state index contributed by atoms with van der Waals surface area (Å²) in [6.45, 7) is 6.52. The molecule has 0 saturated heterocycles. The number of carbonyl (C=O) groups is 2. The van der Waals surface area contributed by atoms with Crippen LogP contribution in [0, 0.1) is 11.7 Å². The highest BCUT2D eigenvalue weighted by Gasteiger charge is 2.26. The summed E-state index contributed by atoms with van der Waals surface area (Å²) in [5.41, 5.74) is 1.22. The van der Waals surface area contributed by atoms with Gasteiger partial charge in [-0.25, -0.2) is 4.39 Å². The molecule has 0 spiro atoms. The molecule has 0 aromatic heterocycles. The van der Waals surface area contributed by atoms with Crippen molar-refractivity contribution in [3.63, 3.8) is 0 Å². The predicted molar refractivity (Wildman–Crippen MR) is 128 cm³/mol. The van der Waals surface area contributed by atoms with Crippen LogP contribution in [0.3, 0.4) is 0 Å². The first-order valence-corrected chi connectivity index (χ1v) is 12.0. The van der Waals surface area contributed by atoms with Crippen LogP contribution in [0.5, 0.6) is 5.75 Å². The van der Waals surface area contributed by atoms with Crippen LogP contribution in [0.1, 0.15) is 31.9 Å². The van der Waals surface area contributed by atoms with Crippen molar-refractivity contribution >= 4 is 35.2 Å². The van der Waals surface area contributed by atoms with E-state index in [1.165, 1.54) is 17.8 Å². The highest BCUT2D eigenvalue weighted by molar-refractivity contribution is 7.99. The first-order chi connectivity index (χ1) is 15.2. The summed E-state index contributed by atoms with van der Waals surface area (Å²) in [6, 6.07) is 11.2. The highest BCUT2D eigenvalue weighted by Crippen LogP contribution is 2.24. The van der Waals surface area contributed by atoms with Crippen molar-refractivity contribution < 1.29 is 18.7 Å². The summed E-state index contributed by atoms with van der Waals surface area (Å²) < 4.78 is 19.3. The summed E-state index contributed by atoms with van der Waals surface area (Å²) in [6.07, 6.45) is 0. The van der Waals surface area contributed by atoms with Gasteiger partial charge in [0.25, 0.3) is 0 Å². The Morgan fingerprint density at radius 1 is 1.19 bits per heavy atom. The second-order valence-electron chi connectivity index (χ2n) is 7.88. The summed E-state index contributed by atoms with van der Waals surface area (Å²) >= 11 is 7.35. The van der Waals surface area contributed by atoms with E-state index in [0.717, 1.165) is 5.56 Å². The topological polar surface area (TPSA) is 58.6 Å². The summed E-state index contributed by atoms with van der Waals surface area (Å²) in [5.74, 6) is 0.515. The van der Waals surface area contributed by atoms with Gasteiger partial charge in [0.2, 0.25) is 11.8 Å². The van der Waals surface area contributed by atoms with Crippen molar-refractivity contribution in [1.82, 2.24) is 10.2 Å². The van der Waals surface area contributed by atoms with Gasteiger partial charge in [-0.15, -0.1) is 11.8 Å². The molecule has 1 atom stereocenters. The molecule has 0 unspecified atom stereocenters. The van der Waals surface area contributed by atoms with Crippen LogP contribution in [-0.2, 0) is 21.9 Å². The van der Waals surface area contributed by atoms with Crippen LogP contribution < -0.4 is 10.1 Å². The lowest BCUT2D eigenvalue weighted by atomic mass is 10.1. The molecule has 0 bridgehead atoms. The zero-order valence-electron chi connectivity index (χ0n) is 18.9. The Bertz CT molecular complexity index is 906. The number of amides is 2. The minimum Gasteiger partial charge on any atom is -0.497 e. The van der Waals surface area contributed by atoms with Crippen molar-refractivity contribution in [3.8, 4) is 5.75 Å². The number of carbonyl (C=O) groups excluding carboxylic acids is 2. The molecule has 2 aromatic rings. The van der Waals surface area contributed by atoms with Crippen molar-refractivity contribution in [3.05, 3.63) is 64.4 Å².